The molecule has 0 aromatic carbocycles. The van der Waals surface area contributed by atoms with Gasteiger partial charge in [-0.15, -0.1) is 6.42 Å². The number of nitrogens with two attached hydrogens (primary N) is 1. The third-order valence-electron chi connectivity index (χ3n) is 3.96. The average Bonchev–Trinajstić information content (AvgIpc) is 2.32. The van der Waals surface area contributed by atoms with Crippen LogP contribution < -0.4 is 11.1 Å². The third kappa shape index (κ3) is 4.69. The van der Waals surface area contributed by atoms with E-state index in [9.17, 15) is 0 Å². The number of nitrogens with one attached hydrogen (secondary N) is 1. The van der Waals surface area contributed by atoms with Crippen molar-refractivity contribution >= 4 is 0 Å². The van der Waals surface area contributed by atoms with Crippen LogP contribution in [-0.4, -0.2) is 18.1 Å². The lowest BCUT2D eigenvalue weighted by Gasteiger charge is -2.37. The van der Waals surface area contributed by atoms with Crippen molar-refractivity contribution in [3.05, 3.63) is 0 Å². The molecule has 0 spiro atoms. The molecule has 0 aliphatic heterocycles. The minimum Gasteiger partial charge on any atom is -0.329 e. The molecule has 17 heavy (non-hydrogen) atoms. The maximum atomic E-state index is 6.03. The molecule has 1 aliphatic carbocycles. The summed E-state index contributed by atoms with van der Waals surface area (Å²) in [7, 11) is 0. The third-order valence-corrected chi connectivity index (χ3v) is 3.96. The van der Waals surface area contributed by atoms with Crippen LogP contribution in [-0.2, 0) is 0 Å². The summed E-state index contributed by atoms with van der Waals surface area (Å²) in [5.41, 5.74) is 6.13. The van der Waals surface area contributed by atoms with Crippen LogP contribution in [0.2, 0.25) is 0 Å². The topological polar surface area (TPSA) is 38.0 Å². The van der Waals surface area contributed by atoms with E-state index >= 15 is 0 Å². The summed E-state index contributed by atoms with van der Waals surface area (Å²) in [6.07, 6.45) is 16.8. The van der Waals surface area contributed by atoms with Crippen LogP contribution in [0.3, 0.4) is 0 Å². The highest BCUT2D eigenvalue weighted by Crippen LogP contribution is 2.26. The Morgan fingerprint density at radius 3 is 2.29 bits per heavy atom. The molecule has 1 fully saturated rings. The molecule has 1 atom stereocenters. The first kappa shape index (κ1) is 14.5. The molecular weight excluding hydrogens is 208 g/mol. The monoisotopic (exact) mass is 236 g/mol. The first-order chi connectivity index (χ1) is 8.26. The van der Waals surface area contributed by atoms with Gasteiger partial charge in [0.25, 0.3) is 0 Å². The van der Waals surface area contributed by atoms with Gasteiger partial charge in [-0.1, -0.05) is 51.4 Å². The Labute approximate surface area is 107 Å². The Morgan fingerprint density at radius 1 is 1.24 bits per heavy atom. The highest BCUT2D eigenvalue weighted by Gasteiger charge is 2.30. The maximum Gasteiger partial charge on any atom is 0.0691 e. The predicted molar refractivity (Wildman–Crippen MR) is 74.8 cm³/mol. The summed E-state index contributed by atoms with van der Waals surface area (Å²) in [4.78, 5) is 0. The summed E-state index contributed by atoms with van der Waals surface area (Å²) in [6, 6.07) is 0.197. The van der Waals surface area contributed by atoms with Crippen LogP contribution in [0.5, 0.6) is 0 Å². The Morgan fingerprint density at radius 2 is 1.82 bits per heavy atom. The molecule has 0 saturated heterocycles. The Bertz CT molecular complexity index is 234. The Kier molecular flexibility index (Phi) is 6.62. The molecule has 0 bridgehead atoms. The standard InChI is InChI=1S/C15H28N2/c1-3-10-14(4-2)17-15(13-16)11-8-6-5-7-9-12-15/h2,14,17H,3,5-13,16H2,1H3. The van der Waals surface area contributed by atoms with Crippen molar-refractivity contribution in [2.45, 2.75) is 76.3 Å². The molecule has 1 saturated carbocycles. The van der Waals surface area contributed by atoms with E-state index in [4.69, 9.17) is 12.2 Å². The van der Waals surface area contributed by atoms with Crippen LogP contribution in [0.1, 0.15) is 64.7 Å². The second-order valence-electron chi connectivity index (χ2n) is 5.40. The minimum absolute atomic E-state index is 0.104. The second-order valence-corrected chi connectivity index (χ2v) is 5.40. The van der Waals surface area contributed by atoms with Gasteiger partial charge in [-0.3, -0.25) is 5.32 Å². The van der Waals surface area contributed by atoms with Gasteiger partial charge >= 0.3 is 0 Å². The molecule has 1 unspecified atom stereocenters. The molecule has 0 heterocycles. The molecule has 0 amide bonds. The molecule has 0 aromatic heterocycles. The van der Waals surface area contributed by atoms with Crippen molar-refractivity contribution in [2.75, 3.05) is 6.54 Å². The van der Waals surface area contributed by atoms with Crippen LogP contribution in [0.4, 0.5) is 0 Å². The van der Waals surface area contributed by atoms with Gasteiger partial charge in [0, 0.05) is 12.1 Å². The van der Waals surface area contributed by atoms with Gasteiger partial charge in [-0.25, -0.2) is 0 Å². The van der Waals surface area contributed by atoms with Gasteiger partial charge in [0.1, 0.15) is 0 Å². The number of hydrogen-bond acceptors (Lipinski definition) is 2. The number of rotatable bonds is 5. The molecular formula is C15H28N2. The van der Waals surface area contributed by atoms with Crippen molar-refractivity contribution in [2.24, 2.45) is 5.73 Å². The van der Waals surface area contributed by atoms with Crippen LogP contribution in [0.25, 0.3) is 0 Å². The molecule has 0 aromatic rings. The molecule has 0 radical (unpaired) electrons. The second kappa shape index (κ2) is 7.74. The van der Waals surface area contributed by atoms with Crippen molar-refractivity contribution in [3.8, 4) is 12.3 Å². The van der Waals surface area contributed by atoms with Gasteiger partial charge in [-0.05, 0) is 19.3 Å². The lowest BCUT2D eigenvalue weighted by atomic mass is 9.83. The molecule has 2 heteroatoms. The minimum atomic E-state index is 0.104. The zero-order valence-electron chi connectivity index (χ0n) is 11.3. The zero-order chi connectivity index (χ0) is 12.6. The molecule has 3 N–H and O–H groups in total. The molecule has 1 rings (SSSR count). The zero-order valence-corrected chi connectivity index (χ0v) is 11.3. The van der Waals surface area contributed by atoms with E-state index in [1.165, 1.54) is 44.9 Å². The predicted octanol–water partition coefficient (Wildman–Crippen LogP) is 2.82. The fraction of sp³-hybridized carbons (Fsp3) is 0.867. The Hall–Kier alpha value is -0.520. The van der Waals surface area contributed by atoms with E-state index in [1.807, 2.05) is 0 Å². The molecule has 98 valence electrons. The van der Waals surface area contributed by atoms with E-state index in [-0.39, 0.29) is 11.6 Å². The van der Waals surface area contributed by atoms with Gasteiger partial charge < -0.3 is 5.73 Å². The number of terminal acetylenes is 1. The smallest absolute Gasteiger partial charge is 0.0691 e. The molecule has 1 aliphatic rings. The summed E-state index contributed by atoms with van der Waals surface area (Å²) in [5, 5.41) is 3.68. The van der Waals surface area contributed by atoms with Crippen molar-refractivity contribution in [1.29, 1.82) is 0 Å². The summed E-state index contributed by atoms with van der Waals surface area (Å²) >= 11 is 0. The van der Waals surface area contributed by atoms with Crippen molar-refractivity contribution in [3.63, 3.8) is 0 Å². The lowest BCUT2D eigenvalue weighted by Crippen LogP contribution is -2.55. The first-order valence-corrected chi connectivity index (χ1v) is 7.20. The highest BCUT2D eigenvalue weighted by atomic mass is 15.0. The van der Waals surface area contributed by atoms with E-state index < -0.39 is 0 Å². The number of hydrogen-bond donors (Lipinski definition) is 2. The van der Waals surface area contributed by atoms with Crippen LogP contribution in [0.15, 0.2) is 0 Å². The summed E-state index contributed by atoms with van der Waals surface area (Å²) in [6.45, 7) is 2.90. The van der Waals surface area contributed by atoms with E-state index in [1.54, 1.807) is 0 Å². The van der Waals surface area contributed by atoms with Crippen molar-refractivity contribution in [1.82, 2.24) is 5.32 Å². The van der Waals surface area contributed by atoms with Crippen LogP contribution >= 0.6 is 0 Å². The fourth-order valence-electron chi connectivity index (χ4n) is 2.84. The van der Waals surface area contributed by atoms with Gasteiger partial charge in [0.15, 0.2) is 0 Å². The van der Waals surface area contributed by atoms with Gasteiger partial charge in [0.05, 0.1) is 6.04 Å². The largest absolute Gasteiger partial charge is 0.329 e. The van der Waals surface area contributed by atoms with E-state index in [0.29, 0.717) is 0 Å². The van der Waals surface area contributed by atoms with Crippen molar-refractivity contribution < 1.29 is 0 Å². The van der Waals surface area contributed by atoms with E-state index in [0.717, 1.165) is 19.4 Å². The molecule has 2 nitrogen and oxygen atoms in total. The lowest BCUT2D eigenvalue weighted by molar-refractivity contribution is 0.241. The average molecular weight is 236 g/mol. The van der Waals surface area contributed by atoms with Gasteiger partial charge in [0.2, 0.25) is 0 Å². The summed E-state index contributed by atoms with van der Waals surface area (Å²) < 4.78 is 0. The maximum absolute atomic E-state index is 6.03. The van der Waals surface area contributed by atoms with Crippen LogP contribution in [0, 0.1) is 12.3 Å². The highest BCUT2D eigenvalue weighted by molar-refractivity contribution is 5.04. The van der Waals surface area contributed by atoms with E-state index in [2.05, 4.69) is 18.2 Å². The quantitative estimate of drug-likeness (QED) is 0.720. The SMILES string of the molecule is C#CC(CCC)NC1(CN)CCCCCCC1. The first-order valence-electron chi connectivity index (χ1n) is 7.20. The van der Waals surface area contributed by atoms with Gasteiger partial charge in [-0.2, -0.15) is 0 Å². The Balaban J connectivity index is 2.60. The fourth-order valence-corrected chi connectivity index (χ4v) is 2.84. The summed E-state index contributed by atoms with van der Waals surface area (Å²) in [5.74, 6) is 2.88. The normalized spacial score (nSPS) is 22.2.